The predicted molar refractivity (Wildman–Crippen MR) is 77.7 cm³/mol. The highest BCUT2D eigenvalue weighted by molar-refractivity contribution is 5.29. The number of aryl methyl sites for hydroxylation is 2. The van der Waals surface area contributed by atoms with E-state index in [2.05, 4.69) is 37.4 Å². The molecule has 0 unspecified atom stereocenters. The Morgan fingerprint density at radius 3 is 2.20 bits per heavy atom. The lowest BCUT2D eigenvalue weighted by Gasteiger charge is -2.08. The molecule has 0 saturated heterocycles. The van der Waals surface area contributed by atoms with Gasteiger partial charge in [-0.15, -0.1) is 0 Å². The van der Waals surface area contributed by atoms with E-state index in [0.717, 1.165) is 12.6 Å². The van der Waals surface area contributed by atoms with E-state index in [-0.39, 0.29) is 0 Å². The summed E-state index contributed by atoms with van der Waals surface area (Å²) >= 11 is 0. The molecular formula is C17H19F2N. The van der Waals surface area contributed by atoms with Gasteiger partial charge in [-0.05, 0) is 61.2 Å². The van der Waals surface area contributed by atoms with Crippen LogP contribution in [0.25, 0.3) is 0 Å². The maximum atomic E-state index is 13.0. The molecule has 0 aliphatic carbocycles. The van der Waals surface area contributed by atoms with E-state index < -0.39 is 11.6 Å². The van der Waals surface area contributed by atoms with Gasteiger partial charge in [0.15, 0.2) is 0 Å². The van der Waals surface area contributed by atoms with Crippen LogP contribution >= 0.6 is 0 Å². The summed E-state index contributed by atoms with van der Waals surface area (Å²) in [5.74, 6) is -1.04. The Kier molecular flexibility index (Phi) is 4.85. The van der Waals surface area contributed by atoms with Crippen LogP contribution < -0.4 is 5.32 Å². The minimum atomic E-state index is -0.519. The largest absolute Gasteiger partial charge is 0.312 e. The summed E-state index contributed by atoms with van der Waals surface area (Å²) in [4.78, 5) is 0. The van der Waals surface area contributed by atoms with E-state index in [4.69, 9.17) is 0 Å². The molecule has 106 valence electrons. The lowest BCUT2D eigenvalue weighted by molar-refractivity contribution is 0.577. The van der Waals surface area contributed by atoms with Gasteiger partial charge in [0.2, 0.25) is 0 Å². The second kappa shape index (κ2) is 6.62. The van der Waals surface area contributed by atoms with Gasteiger partial charge in [-0.2, -0.15) is 0 Å². The molecular weight excluding hydrogens is 256 g/mol. The highest BCUT2D eigenvalue weighted by Gasteiger charge is 2.01. The van der Waals surface area contributed by atoms with Crippen molar-refractivity contribution in [2.24, 2.45) is 0 Å². The molecule has 0 saturated carbocycles. The zero-order valence-corrected chi connectivity index (χ0v) is 11.8. The van der Waals surface area contributed by atoms with Crippen molar-refractivity contribution in [2.45, 2.75) is 26.8 Å². The normalized spacial score (nSPS) is 10.8. The summed E-state index contributed by atoms with van der Waals surface area (Å²) in [6, 6.07) is 10.0. The second-order valence-electron chi connectivity index (χ2n) is 5.12. The van der Waals surface area contributed by atoms with Crippen LogP contribution in [-0.4, -0.2) is 6.54 Å². The number of halogens is 2. The van der Waals surface area contributed by atoms with Crippen LogP contribution in [0.15, 0.2) is 36.4 Å². The summed E-state index contributed by atoms with van der Waals surface area (Å²) in [6.45, 7) is 5.63. The summed E-state index contributed by atoms with van der Waals surface area (Å²) in [6.07, 6.45) is 0.611. The Bertz CT molecular complexity index is 573. The molecule has 0 fully saturated rings. The van der Waals surface area contributed by atoms with Crippen LogP contribution in [-0.2, 0) is 13.0 Å². The summed E-state index contributed by atoms with van der Waals surface area (Å²) in [5, 5.41) is 3.29. The molecule has 0 amide bonds. The minimum absolute atomic E-state index is 0.519. The van der Waals surface area contributed by atoms with E-state index in [0.29, 0.717) is 18.5 Å². The molecule has 2 aromatic carbocycles. The fourth-order valence-corrected chi connectivity index (χ4v) is 2.13. The van der Waals surface area contributed by atoms with Crippen molar-refractivity contribution in [1.29, 1.82) is 0 Å². The van der Waals surface area contributed by atoms with Gasteiger partial charge in [0, 0.05) is 12.6 Å². The van der Waals surface area contributed by atoms with Gasteiger partial charge in [0.05, 0.1) is 0 Å². The third-order valence-corrected chi connectivity index (χ3v) is 3.41. The molecule has 0 radical (unpaired) electrons. The first-order valence-electron chi connectivity index (χ1n) is 6.76. The zero-order valence-electron chi connectivity index (χ0n) is 11.8. The van der Waals surface area contributed by atoms with Gasteiger partial charge in [-0.1, -0.05) is 18.2 Å². The van der Waals surface area contributed by atoms with E-state index in [1.807, 2.05) is 0 Å². The molecule has 2 rings (SSSR count). The van der Waals surface area contributed by atoms with Gasteiger partial charge in [-0.3, -0.25) is 0 Å². The molecule has 0 aliphatic rings. The van der Waals surface area contributed by atoms with Crippen LogP contribution in [0.4, 0.5) is 8.78 Å². The molecule has 3 heteroatoms. The van der Waals surface area contributed by atoms with E-state index >= 15 is 0 Å². The average molecular weight is 275 g/mol. The smallest absolute Gasteiger partial charge is 0.126 e. The van der Waals surface area contributed by atoms with Gasteiger partial charge in [-0.25, -0.2) is 8.78 Å². The number of hydrogen-bond donors (Lipinski definition) is 1. The Hall–Kier alpha value is -1.74. The summed E-state index contributed by atoms with van der Waals surface area (Å²) in [5.41, 5.74) is 4.45. The molecule has 1 N–H and O–H groups in total. The van der Waals surface area contributed by atoms with Gasteiger partial charge in [0.1, 0.15) is 11.6 Å². The number of rotatable bonds is 5. The Morgan fingerprint density at radius 2 is 1.55 bits per heavy atom. The molecule has 20 heavy (non-hydrogen) atoms. The van der Waals surface area contributed by atoms with Crippen LogP contribution in [0.3, 0.4) is 0 Å². The molecule has 0 bridgehead atoms. The lowest BCUT2D eigenvalue weighted by Crippen LogP contribution is -2.17. The van der Waals surface area contributed by atoms with Crippen molar-refractivity contribution in [1.82, 2.24) is 5.32 Å². The van der Waals surface area contributed by atoms with E-state index in [9.17, 15) is 8.78 Å². The third kappa shape index (κ3) is 4.14. The quantitative estimate of drug-likeness (QED) is 0.816. The number of benzene rings is 2. The molecule has 0 spiro atoms. The van der Waals surface area contributed by atoms with Gasteiger partial charge < -0.3 is 5.32 Å². The standard InChI is InChI=1S/C17H19F2N/c1-12-3-4-15(7-13(12)2)11-20-6-5-14-8-16(18)10-17(19)9-14/h3-4,7-10,20H,5-6,11H2,1-2H3. The summed E-state index contributed by atoms with van der Waals surface area (Å²) < 4.78 is 26.0. The zero-order chi connectivity index (χ0) is 14.5. The predicted octanol–water partition coefficient (Wildman–Crippen LogP) is 3.91. The third-order valence-electron chi connectivity index (χ3n) is 3.41. The Balaban J connectivity index is 1.82. The number of nitrogens with one attached hydrogen (secondary N) is 1. The van der Waals surface area contributed by atoms with E-state index in [1.165, 1.54) is 28.8 Å². The highest BCUT2D eigenvalue weighted by Crippen LogP contribution is 2.10. The minimum Gasteiger partial charge on any atom is -0.312 e. The second-order valence-corrected chi connectivity index (χ2v) is 5.12. The van der Waals surface area contributed by atoms with Crippen LogP contribution in [0.5, 0.6) is 0 Å². The van der Waals surface area contributed by atoms with Crippen molar-refractivity contribution in [3.05, 3.63) is 70.3 Å². The fraction of sp³-hybridized carbons (Fsp3) is 0.294. The van der Waals surface area contributed by atoms with Crippen molar-refractivity contribution in [2.75, 3.05) is 6.54 Å². The SMILES string of the molecule is Cc1ccc(CNCCc2cc(F)cc(F)c2)cc1C. The molecule has 2 aromatic rings. The molecule has 1 nitrogen and oxygen atoms in total. The Morgan fingerprint density at radius 1 is 0.850 bits per heavy atom. The van der Waals surface area contributed by atoms with Crippen molar-refractivity contribution in [3.63, 3.8) is 0 Å². The maximum Gasteiger partial charge on any atom is 0.126 e. The van der Waals surface area contributed by atoms with Gasteiger partial charge >= 0.3 is 0 Å². The topological polar surface area (TPSA) is 12.0 Å². The molecule has 0 aliphatic heterocycles. The van der Waals surface area contributed by atoms with Crippen LogP contribution in [0.1, 0.15) is 22.3 Å². The lowest BCUT2D eigenvalue weighted by atomic mass is 10.1. The first-order valence-corrected chi connectivity index (χ1v) is 6.76. The molecule has 0 heterocycles. The number of hydrogen-bond acceptors (Lipinski definition) is 1. The molecule has 0 aromatic heterocycles. The Labute approximate surface area is 118 Å². The monoisotopic (exact) mass is 275 g/mol. The van der Waals surface area contributed by atoms with Crippen LogP contribution in [0, 0.1) is 25.5 Å². The average Bonchev–Trinajstić information content (AvgIpc) is 2.38. The van der Waals surface area contributed by atoms with Gasteiger partial charge in [0.25, 0.3) is 0 Å². The maximum absolute atomic E-state index is 13.0. The van der Waals surface area contributed by atoms with Crippen molar-refractivity contribution in [3.8, 4) is 0 Å². The van der Waals surface area contributed by atoms with Crippen molar-refractivity contribution >= 4 is 0 Å². The first kappa shape index (κ1) is 14.7. The fourth-order valence-electron chi connectivity index (χ4n) is 2.13. The van der Waals surface area contributed by atoms with E-state index in [1.54, 1.807) is 0 Å². The highest BCUT2D eigenvalue weighted by atomic mass is 19.1. The van der Waals surface area contributed by atoms with Crippen LogP contribution in [0.2, 0.25) is 0 Å². The molecule has 0 atom stereocenters. The van der Waals surface area contributed by atoms with Crippen molar-refractivity contribution < 1.29 is 8.78 Å². The first-order chi connectivity index (χ1) is 9.54. The summed E-state index contributed by atoms with van der Waals surface area (Å²) in [7, 11) is 0.